The fraction of sp³-hybridized carbons (Fsp3) is 0.348. The summed E-state index contributed by atoms with van der Waals surface area (Å²) in [6.45, 7) is 7.93. The summed E-state index contributed by atoms with van der Waals surface area (Å²) in [7, 11) is 0. The number of anilines is 1. The first-order valence-electron chi connectivity index (χ1n) is 9.71. The second kappa shape index (κ2) is 6.89. The van der Waals surface area contributed by atoms with Gasteiger partial charge in [-0.15, -0.1) is 0 Å². The summed E-state index contributed by atoms with van der Waals surface area (Å²) in [5.74, 6) is 0.671. The first kappa shape index (κ1) is 18.4. The normalized spacial score (nSPS) is 19.4. The minimum Gasteiger partial charge on any atom is -0.274 e. The molecule has 0 spiro atoms. The Morgan fingerprint density at radius 2 is 1.61 bits per heavy atom. The molecule has 3 aromatic rings. The van der Waals surface area contributed by atoms with Crippen LogP contribution in [0.1, 0.15) is 56.0 Å². The maximum absolute atomic E-state index is 13.4. The molecule has 1 aliphatic rings. The monoisotopic (exact) mass is 374 g/mol. The summed E-state index contributed by atoms with van der Waals surface area (Å²) in [6, 6.07) is 18.7. The Morgan fingerprint density at radius 3 is 2.25 bits per heavy atom. The average molecular weight is 374 g/mol. The van der Waals surface area contributed by atoms with Gasteiger partial charge in [0, 0.05) is 5.41 Å². The maximum Gasteiger partial charge on any atom is 0.235 e. The van der Waals surface area contributed by atoms with E-state index in [4.69, 9.17) is 0 Å². The van der Waals surface area contributed by atoms with Gasteiger partial charge >= 0.3 is 0 Å². The van der Waals surface area contributed by atoms with Crippen molar-refractivity contribution in [3.63, 3.8) is 0 Å². The lowest BCUT2D eigenvalue weighted by atomic mass is 9.88. The summed E-state index contributed by atoms with van der Waals surface area (Å²) in [5, 5.41) is 4.48. The van der Waals surface area contributed by atoms with Crippen molar-refractivity contribution in [3.05, 3.63) is 77.6 Å². The van der Waals surface area contributed by atoms with Crippen LogP contribution in [0.2, 0.25) is 0 Å². The van der Waals surface area contributed by atoms with Gasteiger partial charge in [0.15, 0.2) is 0 Å². The molecule has 4 rings (SSSR count). The van der Waals surface area contributed by atoms with Gasteiger partial charge in [-0.3, -0.25) is 9.69 Å². The van der Waals surface area contributed by atoms with E-state index in [0.29, 0.717) is 5.95 Å². The fourth-order valence-electron chi connectivity index (χ4n) is 3.81. The molecule has 5 nitrogen and oxygen atoms in total. The van der Waals surface area contributed by atoms with Crippen LogP contribution in [0, 0.1) is 12.3 Å². The molecule has 1 amide bonds. The molecule has 2 unspecified atom stereocenters. The van der Waals surface area contributed by atoms with Crippen LogP contribution in [-0.2, 0) is 4.79 Å². The van der Waals surface area contributed by atoms with Crippen molar-refractivity contribution >= 4 is 11.9 Å². The molecular weight excluding hydrogens is 348 g/mol. The zero-order valence-corrected chi connectivity index (χ0v) is 16.8. The highest BCUT2D eigenvalue weighted by Gasteiger charge is 2.42. The van der Waals surface area contributed by atoms with Crippen molar-refractivity contribution in [2.45, 2.75) is 46.2 Å². The summed E-state index contributed by atoms with van der Waals surface area (Å²) in [6.07, 6.45) is 2.30. The largest absolute Gasteiger partial charge is 0.274 e. The molecular formula is C23H26N4O. The predicted molar refractivity (Wildman–Crippen MR) is 110 cm³/mol. The lowest BCUT2D eigenvalue weighted by Crippen LogP contribution is -2.47. The van der Waals surface area contributed by atoms with E-state index in [1.54, 1.807) is 6.33 Å². The molecule has 1 aromatic heterocycles. The van der Waals surface area contributed by atoms with E-state index in [9.17, 15) is 4.79 Å². The fourth-order valence-corrected chi connectivity index (χ4v) is 3.81. The SMILES string of the molecule is Cc1ccc(C2CC(c3ccccc3)n3ncnc3N2C(=O)C(C)(C)C)cc1. The van der Waals surface area contributed by atoms with Gasteiger partial charge in [-0.05, 0) is 24.5 Å². The van der Waals surface area contributed by atoms with E-state index in [2.05, 4.69) is 53.4 Å². The van der Waals surface area contributed by atoms with E-state index >= 15 is 0 Å². The van der Waals surface area contributed by atoms with Gasteiger partial charge in [-0.2, -0.15) is 10.1 Å². The smallest absolute Gasteiger partial charge is 0.235 e. The zero-order chi connectivity index (χ0) is 19.9. The third kappa shape index (κ3) is 3.21. The van der Waals surface area contributed by atoms with Gasteiger partial charge in [-0.25, -0.2) is 4.68 Å². The number of aromatic nitrogens is 3. The maximum atomic E-state index is 13.4. The molecule has 0 radical (unpaired) electrons. The Balaban J connectivity index is 1.86. The summed E-state index contributed by atoms with van der Waals surface area (Å²) in [4.78, 5) is 19.8. The van der Waals surface area contributed by atoms with Gasteiger partial charge < -0.3 is 0 Å². The second-order valence-corrected chi connectivity index (χ2v) is 8.52. The summed E-state index contributed by atoms with van der Waals surface area (Å²) >= 11 is 0. The van der Waals surface area contributed by atoms with Gasteiger partial charge in [0.2, 0.25) is 11.9 Å². The Kier molecular flexibility index (Phi) is 4.53. The lowest BCUT2D eigenvalue weighted by Gasteiger charge is -2.41. The van der Waals surface area contributed by atoms with E-state index < -0.39 is 5.41 Å². The number of benzene rings is 2. The Hall–Kier alpha value is -2.95. The van der Waals surface area contributed by atoms with E-state index in [-0.39, 0.29) is 18.0 Å². The predicted octanol–water partition coefficient (Wildman–Crippen LogP) is 4.70. The second-order valence-electron chi connectivity index (χ2n) is 8.52. The molecule has 2 heterocycles. The minimum atomic E-state index is -0.515. The molecule has 2 aromatic carbocycles. The molecule has 2 atom stereocenters. The number of amides is 1. The third-order valence-corrected chi connectivity index (χ3v) is 5.33. The standard InChI is InChI=1S/C23H26N4O/c1-16-10-12-18(13-11-16)19-14-20(17-8-6-5-7-9-17)27-22(24-15-25-27)26(19)21(28)23(2,3)4/h5-13,15,19-20H,14H2,1-4H3. The molecule has 5 heteroatoms. The highest BCUT2D eigenvalue weighted by Crippen LogP contribution is 2.43. The van der Waals surface area contributed by atoms with Crippen LogP contribution in [0.5, 0.6) is 0 Å². The molecule has 1 aliphatic heterocycles. The van der Waals surface area contributed by atoms with Gasteiger partial charge in [0.05, 0.1) is 12.1 Å². The molecule has 0 aliphatic carbocycles. The van der Waals surface area contributed by atoms with E-state index in [1.807, 2.05) is 48.6 Å². The minimum absolute atomic E-state index is 0.0361. The lowest BCUT2D eigenvalue weighted by molar-refractivity contribution is -0.126. The highest BCUT2D eigenvalue weighted by molar-refractivity contribution is 5.96. The van der Waals surface area contributed by atoms with E-state index in [0.717, 1.165) is 12.0 Å². The number of aryl methyl sites for hydroxylation is 1. The van der Waals surface area contributed by atoms with Gasteiger partial charge in [-0.1, -0.05) is 80.9 Å². The number of hydrogen-bond acceptors (Lipinski definition) is 3. The summed E-state index contributed by atoms with van der Waals surface area (Å²) < 4.78 is 1.89. The molecule has 0 saturated carbocycles. The van der Waals surface area contributed by atoms with Crippen LogP contribution in [0.4, 0.5) is 5.95 Å². The van der Waals surface area contributed by atoms with Crippen molar-refractivity contribution in [2.75, 3.05) is 4.90 Å². The number of carbonyl (C=O) groups excluding carboxylic acids is 1. The molecule has 0 fully saturated rings. The molecule has 144 valence electrons. The van der Waals surface area contributed by atoms with Crippen LogP contribution in [-0.4, -0.2) is 20.7 Å². The molecule has 0 bridgehead atoms. The number of nitrogens with zero attached hydrogens (tertiary/aromatic N) is 4. The number of carbonyl (C=O) groups is 1. The number of fused-ring (bicyclic) bond motifs is 1. The van der Waals surface area contributed by atoms with Crippen molar-refractivity contribution < 1.29 is 4.79 Å². The van der Waals surface area contributed by atoms with Crippen molar-refractivity contribution in [3.8, 4) is 0 Å². The Labute approximate surface area is 166 Å². The van der Waals surface area contributed by atoms with E-state index in [1.165, 1.54) is 11.1 Å². The third-order valence-electron chi connectivity index (χ3n) is 5.33. The summed E-state index contributed by atoms with van der Waals surface area (Å²) in [5.41, 5.74) is 2.99. The van der Waals surface area contributed by atoms with Crippen LogP contribution in [0.25, 0.3) is 0 Å². The van der Waals surface area contributed by atoms with Crippen LogP contribution >= 0.6 is 0 Å². The Morgan fingerprint density at radius 1 is 0.964 bits per heavy atom. The number of rotatable bonds is 2. The topological polar surface area (TPSA) is 51.0 Å². The first-order valence-corrected chi connectivity index (χ1v) is 9.71. The van der Waals surface area contributed by atoms with Gasteiger partial charge in [0.1, 0.15) is 6.33 Å². The van der Waals surface area contributed by atoms with Crippen LogP contribution in [0.3, 0.4) is 0 Å². The molecule has 0 saturated heterocycles. The molecule has 28 heavy (non-hydrogen) atoms. The molecule has 0 N–H and O–H groups in total. The van der Waals surface area contributed by atoms with Crippen molar-refractivity contribution in [1.29, 1.82) is 0 Å². The highest BCUT2D eigenvalue weighted by atomic mass is 16.2. The zero-order valence-electron chi connectivity index (χ0n) is 16.8. The van der Waals surface area contributed by atoms with Crippen LogP contribution in [0.15, 0.2) is 60.9 Å². The van der Waals surface area contributed by atoms with Crippen molar-refractivity contribution in [1.82, 2.24) is 14.8 Å². The first-order chi connectivity index (χ1) is 13.4. The quantitative estimate of drug-likeness (QED) is 0.653. The average Bonchev–Trinajstić information content (AvgIpc) is 3.16. The van der Waals surface area contributed by atoms with Crippen molar-refractivity contribution in [2.24, 2.45) is 5.41 Å². The number of hydrogen-bond donors (Lipinski definition) is 0. The van der Waals surface area contributed by atoms with Crippen LogP contribution < -0.4 is 4.90 Å². The Bertz CT molecular complexity index is 970. The van der Waals surface area contributed by atoms with Gasteiger partial charge in [0.25, 0.3) is 0 Å².